The van der Waals surface area contributed by atoms with Gasteiger partial charge in [0.25, 0.3) is 0 Å². The second-order valence-corrected chi connectivity index (χ2v) is 5.00. The molecule has 1 unspecified atom stereocenters. The lowest BCUT2D eigenvalue weighted by molar-refractivity contribution is 0.112. The lowest BCUT2D eigenvalue weighted by Gasteiger charge is -2.32. The Morgan fingerprint density at radius 2 is 2.11 bits per heavy atom. The zero-order chi connectivity index (χ0) is 13.5. The molecule has 0 bridgehead atoms. The first-order valence-corrected chi connectivity index (χ1v) is 7.03. The van der Waals surface area contributed by atoms with E-state index >= 15 is 0 Å². The van der Waals surface area contributed by atoms with E-state index in [4.69, 9.17) is 11.6 Å². The maximum atomic E-state index is 11.2. The van der Waals surface area contributed by atoms with Crippen LogP contribution in [0.15, 0.2) is 18.2 Å². The summed E-state index contributed by atoms with van der Waals surface area (Å²) in [4.78, 5) is 13.5. The van der Waals surface area contributed by atoms with Gasteiger partial charge in [-0.05, 0) is 31.9 Å². The topological polar surface area (TPSA) is 20.3 Å². The summed E-state index contributed by atoms with van der Waals surface area (Å²) in [6, 6.07) is 6.07. The Morgan fingerprint density at radius 1 is 1.39 bits per heavy atom. The van der Waals surface area contributed by atoms with Crippen LogP contribution in [0.1, 0.15) is 50.4 Å². The van der Waals surface area contributed by atoms with E-state index in [1.807, 2.05) is 12.1 Å². The molecule has 1 aromatic carbocycles. The number of carbonyl (C=O) groups is 1. The highest BCUT2D eigenvalue weighted by Crippen LogP contribution is 2.28. The van der Waals surface area contributed by atoms with Crippen molar-refractivity contribution in [2.24, 2.45) is 0 Å². The third kappa shape index (κ3) is 3.49. The third-order valence-corrected chi connectivity index (χ3v) is 3.66. The monoisotopic (exact) mass is 267 g/mol. The van der Waals surface area contributed by atoms with E-state index in [0.29, 0.717) is 16.6 Å². The fourth-order valence-corrected chi connectivity index (χ4v) is 2.23. The van der Waals surface area contributed by atoms with E-state index in [1.165, 1.54) is 0 Å². The van der Waals surface area contributed by atoms with E-state index in [-0.39, 0.29) is 0 Å². The van der Waals surface area contributed by atoms with E-state index in [0.717, 1.165) is 37.8 Å². The van der Waals surface area contributed by atoms with E-state index in [2.05, 4.69) is 25.7 Å². The molecule has 0 saturated carbocycles. The lowest BCUT2D eigenvalue weighted by Crippen LogP contribution is -2.34. The van der Waals surface area contributed by atoms with Crippen molar-refractivity contribution in [3.8, 4) is 0 Å². The number of rotatable bonds is 7. The molecule has 0 heterocycles. The van der Waals surface area contributed by atoms with Crippen LogP contribution in [0.25, 0.3) is 0 Å². The molecule has 1 aromatic rings. The van der Waals surface area contributed by atoms with Crippen molar-refractivity contribution in [3.05, 3.63) is 28.8 Å². The van der Waals surface area contributed by atoms with Crippen LogP contribution >= 0.6 is 11.6 Å². The number of halogens is 1. The largest absolute Gasteiger partial charge is 0.368 e. The number of hydrogen-bond donors (Lipinski definition) is 0. The van der Waals surface area contributed by atoms with Crippen LogP contribution in [-0.4, -0.2) is 18.9 Å². The van der Waals surface area contributed by atoms with Crippen molar-refractivity contribution in [2.45, 2.75) is 46.1 Å². The number of benzene rings is 1. The highest BCUT2D eigenvalue weighted by molar-refractivity contribution is 6.33. The first-order valence-electron chi connectivity index (χ1n) is 6.66. The fourth-order valence-electron chi connectivity index (χ4n) is 2.02. The summed E-state index contributed by atoms with van der Waals surface area (Å²) >= 11 is 6.10. The number of carbonyl (C=O) groups excluding carboxylic acids is 1. The zero-order valence-corrected chi connectivity index (χ0v) is 12.2. The van der Waals surface area contributed by atoms with Gasteiger partial charge in [-0.3, -0.25) is 4.79 Å². The van der Waals surface area contributed by atoms with E-state index < -0.39 is 0 Å². The summed E-state index contributed by atoms with van der Waals surface area (Å²) in [6.45, 7) is 7.49. The smallest absolute Gasteiger partial charge is 0.153 e. The van der Waals surface area contributed by atoms with Crippen molar-refractivity contribution in [2.75, 3.05) is 11.4 Å². The Balaban J connectivity index is 3.11. The minimum Gasteiger partial charge on any atom is -0.368 e. The number of aldehydes is 1. The van der Waals surface area contributed by atoms with Gasteiger partial charge in [-0.1, -0.05) is 37.9 Å². The lowest BCUT2D eigenvalue weighted by atomic mass is 10.1. The molecular formula is C15H22ClNO. The SMILES string of the molecule is CCCCN(c1cccc(Cl)c1C=O)C(C)CC. The van der Waals surface area contributed by atoms with Crippen LogP contribution in [0, 0.1) is 0 Å². The normalized spacial score (nSPS) is 12.2. The highest BCUT2D eigenvalue weighted by atomic mass is 35.5. The summed E-state index contributed by atoms with van der Waals surface area (Å²) in [5, 5.41) is 0.535. The quantitative estimate of drug-likeness (QED) is 0.675. The van der Waals surface area contributed by atoms with Gasteiger partial charge in [-0.2, -0.15) is 0 Å². The second kappa shape index (κ2) is 7.42. The Bertz CT molecular complexity index is 392. The summed E-state index contributed by atoms with van der Waals surface area (Å²) in [5.41, 5.74) is 1.57. The average Bonchev–Trinajstić information content (AvgIpc) is 2.39. The van der Waals surface area contributed by atoms with E-state index in [1.54, 1.807) is 6.07 Å². The number of hydrogen-bond acceptors (Lipinski definition) is 2. The van der Waals surface area contributed by atoms with Gasteiger partial charge >= 0.3 is 0 Å². The Morgan fingerprint density at radius 3 is 2.67 bits per heavy atom. The zero-order valence-electron chi connectivity index (χ0n) is 11.4. The molecule has 100 valence electrons. The molecular weight excluding hydrogens is 246 g/mol. The van der Waals surface area contributed by atoms with Crippen molar-refractivity contribution >= 4 is 23.6 Å². The van der Waals surface area contributed by atoms with Gasteiger partial charge < -0.3 is 4.90 Å². The van der Waals surface area contributed by atoms with Crippen LogP contribution in [0.5, 0.6) is 0 Å². The van der Waals surface area contributed by atoms with Crippen molar-refractivity contribution in [1.29, 1.82) is 0 Å². The Labute approximate surface area is 115 Å². The predicted molar refractivity (Wildman–Crippen MR) is 78.8 cm³/mol. The maximum Gasteiger partial charge on any atom is 0.153 e. The first-order chi connectivity index (χ1) is 8.65. The van der Waals surface area contributed by atoms with Gasteiger partial charge in [0.1, 0.15) is 0 Å². The maximum absolute atomic E-state index is 11.2. The number of unbranched alkanes of at least 4 members (excludes halogenated alkanes) is 1. The van der Waals surface area contributed by atoms with Gasteiger partial charge in [-0.15, -0.1) is 0 Å². The minimum atomic E-state index is 0.411. The van der Waals surface area contributed by atoms with Crippen molar-refractivity contribution in [3.63, 3.8) is 0 Å². The summed E-state index contributed by atoms with van der Waals surface area (Å²) < 4.78 is 0. The molecule has 3 heteroatoms. The molecule has 0 aliphatic carbocycles. The standard InChI is InChI=1S/C15H22ClNO/c1-4-6-10-17(12(3)5-2)15-9-7-8-14(16)13(15)11-18/h7-9,11-12H,4-6,10H2,1-3H3. The molecule has 0 spiro atoms. The summed E-state index contributed by atoms with van der Waals surface area (Å²) in [5.74, 6) is 0. The second-order valence-electron chi connectivity index (χ2n) is 4.59. The third-order valence-electron chi connectivity index (χ3n) is 3.33. The fraction of sp³-hybridized carbons (Fsp3) is 0.533. The van der Waals surface area contributed by atoms with Crippen LogP contribution in [0.3, 0.4) is 0 Å². The molecule has 0 saturated heterocycles. The summed E-state index contributed by atoms with van der Waals surface area (Å²) in [7, 11) is 0. The molecule has 0 amide bonds. The molecule has 1 atom stereocenters. The van der Waals surface area contributed by atoms with Crippen LogP contribution < -0.4 is 4.90 Å². The van der Waals surface area contributed by atoms with Gasteiger partial charge in [0.15, 0.2) is 6.29 Å². The molecule has 18 heavy (non-hydrogen) atoms. The van der Waals surface area contributed by atoms with Crippen molar-refractivity contribution < 1.29 is 4.79 Å². The summed E-state index contributed by atoms with van der Waals surface area (Å²) in [6.07, 6.45) is 4.17. The molecule has 0 radical (unpaired) electrons. The number of anilines is 1. The van der Waals surface area contributed by atoms with Gasteiger partial charge in [0.05, 0.1) is 10.6 Å². The van der Waals surface area contributed by atoms with Gasteiger partial charge in [0.2, 0.25) is 0 Å². The molecule has 0 aliphatic heterocycles. The van der Waals surface area contributed by atoms with E-state index in [9.17, 15) is 4.79 Å². The first kappa shape index (κ1) is 15.0. The molecule has 0 aliphatic rings. The van der Waals surface area contributed by atoms with Crippen LogP contribution in [0.2, 0.25) is 5.02 Å². The van der Waals surface area contributed by atoms with Crippen LogP contribution in [0.4, 0.5) is 5.69 Å². The highest BCUT2D eigenvalue weighted by Gasteiger charge is 2.17. The predicted octanol–water partition coefficient (Wildman–Crippen LogP) is 4.56. The Kier molecular flexibility index (Phi) is 6.20. The average molecular weight is 268 g/mol. The minimum absolute atomic E-state index is 0.411. The Hall–Kier alpha value is -1.02. The molecule has 0 fully saturated rings. The van der Waals surface area contributed by atoms with Crippen molar-refractivity contribution in [1.82, 2.24) is 0 Å². The number of nitrogens with zero attached hydrogens (tertiary/aromatic N) is 1. The molecule has 1 rings (SSSR count). The van der Waals surface area contributed by atoms with Gasteiger partial charge in [0, 0.05) is 18.3 Å². The molecule has 2 nitrogen and oxygen atoms in total. The molecule has 0 aromatic heterocycles. The van der Waals surface area contributed by atoms with Crippen LogP contribution in [-0.2, 0) is 0 Å². The van der Waals surface area contributed by atoms with Gasteiger partial charge in [-0.25, -0.2) is 0 Å². The molecule has 0 N–H and O–H groups in total.